The van der Waals surface area contributed by atoms with E-state index in [1.54, 1.807) is 36.4 Å². The second-order valence-corrected chi connectivity index (χ2v) is 8.94. The lowest BCUT2D eigenvalue weighted by Crippen LogP contribution is -2.51. The minimum Gasteiger partial charge on any atom is -0.424 e. The number of amides is 1. The molecule has 0 unspecified atom stereocenters. The molecule has 2 aromatic carbocycles. The minimum atomic E-state index is -0.594. The first-order chi connectivity index (χ1) is 16.9. The van der Waals surface area contributed by atoms with E-state index in [1.807, 2.05) is 0 Å². The average Bonchev–Trinajstić information content (AvgIpc) is 3.25. The van der Waals surface area contributed by atoms with E-state index in [9.17, 15) is 9.18 Å². The zero-order chi connectivity index (χ0) is 24.5. The molecule has 0 spiro atoms. The van der Waals surface area contributed by atoms with Gasteiger partial charge in [0.2, 0.25) is 0 Å². The molecule has 7 nitrogen and oxygen atoms in total. The topological polar surface area (TPSA) is 84.2 Å². The second-order valence-electron chi connectivity index (χ2n) is 8.94. The highest BCUT2D eigenvalue weighted by Gasteiger charge is 2.35. The molecule has 35 heavy (non-hydrogen) atoms. The SMILES string of the molecule is Cc1cc(F)c(C(=O)N2CCC[C@@H](C)[C@H]2CNc2nc3cc(F)ccc3o2)c(-c2ncccn2)c1. The molecular formula is C26H25F2N5O2. The van der Waals surface area contributed by atoms with Crippen molar-refractivity contribution in [1.29, 1.82) is 0 Å². The number of aromatic nitrogens is 3. The molecule has 1 fully saturated rings. The molecule has 0 aliphatic carbocycles. The number of nitrogens with one attached hydrogen (secondary N) is 1. The second kappa shape index (κ2) is 9.40. The number of rotatable bonds is 5. The Morgan fingerprint density at radius 1 is 1.20 bits per heavy atom. The Hall–Kier alpha value is -3.88. The maximum Gasteiger partial charge on any atom is 0.295 e. The van der Waals surface area contributed by atoms with E-state index in [0.717, 1.165) is 12.8 Å². The molecule has 0 bridgehead atoms. The maximum atomic E-state index is 15.3. The summed E-state index contributed by atoms with van der Waals surface area (Å²) < 4.78 is 34.4. The molecule has 9 heteroatoms. The first-order valence-corrected chi connectivity index (χ1v) is 11.6. The molecular weight excluding hydrogens is 452 g/mol. The monoisotopic (exact) mass is 477 g/mol. The molecule has 1 N–H and O–H groups in total. The fraction of sp³-hybridized carbons (Fsp3) is 0.308. The number of fused-ring (bicyclic) bond motifs is 1. The van der Waals surface area contributed by atoms with Crippen LogP contribution in [0.1, 0.15) is 35.7 Å². The molecule has 0 saturated carbocycles. The number of aryl methyl sites for hydroxylation is 1. The van der Waals surface area contributed by atoms with Crippen LogP contribution in [0.25, 0.3) is 22.5 Å². The van der Waals surface area contributed by atoms with E-state index in [0.29, 0.717) is 41.1 Å². The van der Waals surface area contributed by atoms with Crippen molar-refractivity contribution in [2.24, 2.45) is 5.92 Å². The summed E-state index contributed by atoms with van der Waals surface area (Å²) in [6.45, 7) is 4.69. The van der Waals surface area contributed by atoms with Gasteiger partial charge >= 0.3 is 0 Å². The lowest BCUT2D eigenvalue weighted by atomic mass is 9.89. The van der Waals surface area contributed by atoms with Crippen molar-refractivity contribution in [3.05, 3.63) is 71.6 Å². The van der Waals surface area contributed by atoms with Gasteiger partial charge < -0.3 is 14.6 Å². The molecule has 1 amide bonds. The Bertz CT molecular complexity index is 1380. The number of likely N-dealkylation sites (tertiary alicyclic amines) is 1. The van der Waals surface area contributed by atoms with Crippen molar-refractivity contribution in [2.45, 2.75) is 32.7 Å². The van der Waals surface area contributed by atoms with Gasteiger partial charge in [0.25, 0.3) is 11.9 Å². The predicted molar refractivity (Wildman–Crippen MR) is 128 cm³/mol. The Kier molecular flexibility index (Phi) is 6.15. The summed E-state index contributed by atoms with van der Waals surface area (Å²) in [6.07, 6.45) is 4.88. The Morgan fingerprint density at radius 2 is 2.00 bits per heavy atom. The number of carbonyl (C=O) groups excluding carboxylic acids is 1. The Morgan fingerprint density at radius 3 is 2.80 bits per heavy atom. The quantitative estimate of drug-likeness (QED) is 0.424. The minimum absolute atomic E-state index is 0.0294. The van der Waals surface area contributed by atoms with Crippen LogP contribution in [0.3, 0.4) is 0 Å². The first-order valence-electron chi connectivity index (χ1n) is 11.6. The van der Waals surface area contributed by atoms with E-state index >= 15 is 4.39 Å². The molecule has 1 saturated heterocycles. The number of piperidine rings is 1. The van der Waals surface area contributed by atoms with Crippen molar-refractivity contribution in [3.63, 3.8) is 0 Å². The van der Waals surface area contributed by atoms with Gasteiger partial charge in [-0.05, 0) is 61.6 Å². The van der Waals surface area contributed by atoms with Gasteiger partial charge in [-0.25, -0.2) is 18.7 Å². The van der Waals surface area contributed by atoms with Gasteiger partial charge in [-0.1, -0.05) is 6.92 Å². The Balaban J connectivity index is 1.44. The molecule has 0 radical (unpaired) electrons. The first kappa shape index (κ1) is 22.9. The molecule has 2 atom stereocenters. The largest absolute Gasteiger partial charge is 0.424 e. The molecule has 2 aromatic heterocycles. The molecule has 5 rings (SSSR count). The zero-order valence-corrected chi connectivity index (χ0v) is 19.5. The molecule has 4 aromatic rings. The summed E-state index contributed by atoms with van der Waals surface area (Å²) in [4.78, 5) is 28.3. The van der Waals surface area contributed by atoms with Gasteiger partial charge in [0.15, 0.2) is 11.4 Å². The smallest absolute Gasteiger partial charge is 0.295 e. The predicted octanol–water partition coefficient (Wildman–Crippen LogP) is 5.22. The summed E-state index contributed by atoms with van der Waals surface area (Å²) in [5.74, 6) is -0.927. The van der Waals surface area contributed by atoms with E-state index in [-0.39, 0.29) is 23.5 Å². The molecule has 1 aliphatic heterocycles. The summed E-state index contributed by atoms with van der Waals surface area (Å²) in [6, 6.07) is 8.92. The lowest BCUT2D eigenvalue weighted by Gasteiger charge is -2.40. The van der Waals surface area contributed by atoms with Crippen molar-refractivity contribution in [3.8, 4) is 11.4 Å². The number of carbonyl (C=O) groups is 1. The summed E-state index contributed by atoms with van der Waals surface area (Å²) in [7, 11) is 0. The van der Waals surface area contributed by atoms with Crippen LogP contribution < -0.4 is 5.32 Å². The van der Waals surface area contributed by atoms with Crippen LogP contribution in [0.15, 0.2) is 53.2 Å². The van der Waals surface area contributed by atoms with Gasteiger partial charge in [0.05, 0.1) is 11.6 Å². The third kappa shape index (κ3) is 4.58. The normalized spacial score (nSPS) is 18.1. The molecule has 1 aliphatic rings. The summed E-state index contributed by atoms with van der Waals surface area (Å²) in [5.41, 5.74) is 1.90. The van der Waals surface area contributed by atoms with Gasteiger partial charge in [0.1, 0.15) is 17.2 Å². The standard InChI is InChI=1S/C26H25F2N5O2/c1-15-11-18(24-29-8-4-9-30-24)23(19(28)12-15)25(34)33-10-3-5-16(2)21(33)14-31-26-32-20-13-17(27)6-7-22(20)35-26/h4,6-9,11-13,16,21H,3,5,10,14H2,1-2H3,(H,31,32)/t16-,21-/m1/s1. The van der Waals surface area contributed by atoms with Crippen LogP contribution in [0, 0.1) is 24.5 Å². The van der Waals surface area contributed by atoms with Crippen LogP contribution in [-0.4, -0.2) is 44.9 Å². The number of oxazole rings is 1. The fourth-order valence-corrected chi connectivity index (χ4v) is 4.70. The zero-order valence-electron chi connectivity index (χ0n) is 19.5. The fourth-order valence-electron chi connectivity index (χ4n) is 4.70. The van der Waals surface area contributed by atoms with E-state index < -0.39 is 17.5 Å². The van der Waals surface area contributed by atoms with Crippen molar-refractivity contribution in [1.82, 2.24) is 19.9 Å². The summed E-state index contributed by atoms with van der Waals surface area (Å²) in [5, 5.41) is 3.15. The van der Waals surface area contributed by atoms with Gasteiger partial charge in [-0.3, -0.25) is 4.79 Å². The molecule has 180 valence electrons. The van der Waals surface area contributed by atoms with Crippen molar-refractivity contribution in [2.75, 3.05) is 18.4 Å². The van der Waals surface area contributed by atoms with Crippen LogP contribution in [-0.2, 0) is 0 Å². The maximum absolute atomic E-state index is 15.3. The highest BCUT2D eigenvalue weighted by atomic mass is 19.1. The van der Waals surface area contributed by atoms with Crippen LogP contribution in [0.5, 0.6) is 0 Å². The summed E-state index contributed by atoms with van der Waals surface area (Å²) >= 11 is 0. The number of hydrogen-bond acceptors (Lipinski definition) is 6. The van der Waals surface area contributed by atoms with E-state index in [1.165, 1.54) is 24.3 Å². The highest BCUT2D eigenvalue weighted by molar-refractivity contribution is 6.01. The number of hydrogen-bond donors (Lipinski definition) is 1. The van der Waals surface area contributed by atoms with Crippen molar-refractivity contribution < 1.29 is 18.0 Å². The van der Waals surface area contributed by atoms with Gasteiger partial charge in [-0.15, -0.1) is 0 Å². The number of benzene rings is 2. The van der Waals surface area contributed by atoms with Crippen LogP contribution in [0.4, 0.5) is 14.8 Å². The van der Waals surface area contributed by atoms with E-state index in [2.05, 4.69) is 27.2 Å². The van der Waals surface area contributed by atoms with Crippen LogP contribution in [0.2, 0.25) is 0 Å². The Labute approximate surface area is 201 Å². The van der Waals surface area contributed by atoms with Gasteiger partial charge in [-0.2, -0.15) is 4.98 Å². The number of halogens is 2. The lowest BCUT2D eigenvalue weighted by molar-refractivity contribution is 0.0535. The third-order valence-corrected chi connectivity index (χ3v) is 6.44. The number of nitrogens with zero attached hydrogens (tertiary/aromatic N) is 4. The average molecular weight is 478 g/mol. The molecule has 3 heterocycles. The van der Waals surface area contributed by atoms with Gasteiger partial charge in [0, 0.05) is 37.1 Å². The number of anilines is 1. The van der Waals surface area contributed by atoms with E-state index in [4.69, 9.17) is 4.42 Å². The highest BCUT2D eigenvalue weighted by Crippen LogP contribution is 2.31. The van der Waals surface area contributed by atoms with Crippen molar-refractivity contribution >= 4 is 23.0 Å². The van der Waals surface area contributed by atoms with Crippen LogP contribution >= 0.6 is 0 Å². The third-order valence-electron chi connectivity index (χ3n) is 6.44.